The molecule has 0 atom stereocenters. The van der Waals surface area contributed by atoms with Gasteiger partial charge >= 0.3 is 6.09 Å². The summed E-state index contributed by atoms with van der Waals surface area (Å²) in [6, 6.07) is 0. The predicted molar refractivity (Wildman–Crippen MR) is 177 cm³/mol. The lowest BCUT2D eigenvalue weighted by Gasteiger charge is -2.19. The van der Waals surface area contributed by atoms with Gasteiger partial charge in [0.1, 0.15) is 5.60 Å². The quantitative estimate of drug-likeness (QED) is 0.0977. The summed E-state index contributed by atoms with van der Waals surface area (Å²) < 4.78 is 8.42. The van der Waals surface area contributed by atoms with Crippen molar-refractivity contribution in [3.8, 4) is 0 Å². The number of carbonyl (C=O) groups is 2. The zero-order chi connectivity index (χ0) is 32.0. The predicted octanol–water partition coefficient (Wildman–Crippen LogP) is 7.56. The van der Waals surface area contributed by atoms with Crippen LogP contribution in [0, 0.1) is 0 Å². The first-order valence-electron chi connectivity index (χ1n) is 17.1. The molecule has 0 radical (unpaired) electrons. The second-order valence-corrected chi connectivity index (χ2v) is 12.8. The molecule has 2 rings (SSSR count). The van der Waals surface area contributed by atoms with E-state index in [1.54, 1.807) is 10.9 Å². The van der Waals surface area contributed by atoms with E-state index in [9.17, 15) is 9.59 Å². The van der Waals surface area contributed by atoms with Gasteiger partial charge in [0.25, 0.3) is 0 Å². The molecule has 44 heavy (non-hydrogen) atoms. The first kappa shape index (κ1) is 37.0. The number of unbranched alkanes of at least 4 members (excludes halogenated alkanes) is 12. The second kappa shape index (κ2) is 21.5. The third kappa shape index (κ3) is 17.2. The highest BCUT2D eigenvalue weighted by Crippen LogP contribution is 2.15. The SMILES string of the molecule is CCCCCCCCC=CCCCCCCC(=O)NCCn1cc(CCCCCc2cn(C(=O)OC(C)(C)C)c(N)n2)nn1. The molecule has 3 N–H and O–H groups in total. The maximum Gasteiger partial charge on any atom is 0.421 e. The van der Waals surface area contributed by atoms with Gasteiger partial charge in [0, 0.05) is 25.4 Å². The number of nitrogen functional groups attached to an aromatic ring is 1. The highest BCUT2D eigenvalue weighted by atomic mass is 16.6. The largest absolute Gasteiger partial charge is 0.443 e. The van der Waals surface area contributed by atoms with Gasteiger partial charge in [0.2, 0.25) is 11.9 Å². The summed E-state index contributed by atoms with van der Waals surface area (Å²) in [7, 11) is 0. The number of nitrogens with one attached hydrogen (secondary N) is 1. The van der Waals surface area contributed by atoms with Gasteiger partial charge in [-0.05, 0) is 78.6 Å². The fourth-order valence-electron chi connectivity index (χ4n) is 4.95. The Morgan fingerprint density at radius 3 is 2.16 bits per heavy atom. The minimum Gasteiger partial charge on any atom is -0.443 e. The first-order valence-corrected chi connectivity index (χ1v) is 17.1. The molecule has 10 nitrogen and oxygen atoms in total. The first-order chi connectivity index (χ1) is 21.2. The summed E-state index contributed by atoms with van der Waals surface area (Å²) in [6.07, 6.45) is 27.8. The van der Waals surface area contributed by atoms with Crippen molar-refractivity contribution in [2.24, 2.45) is 0 Å². The molecule has 0 aliphatic carbocycles. The van der Waals surface area contributed by atoms with Crippen molar-refractivity contribution in [1.29, 1.82) is 0 Å². The highest BCUT2D eigenvalue weighted by molar-refractivity contribution is 5.75. The molecule has 248 valence electrons. The molecule has 0 fully saturated rings. The number of hydrogen-bond acceptors (Lipinski definition) is 7. The Labute approximate surface area is 265 Å². The molecule has 0 aliphatic heterocycles. The lowest BCUT2D eigenvalue weighted by atomic mass is 10.1. The van der Waals surface area contributed by atoms with Crippen LogP contribution in [0.25, 0.3) is 0 Å². The highest BCUT2D eigenvalue weighted by Gasteiger charge is 2.20. The van der Waals surface area contributed by atoms with E-state index in [4.69, 9.17) is 10.5 Å². The van der Waals surface area contributed by atoms with E-state index in [1.165, 1.54) is 62.4 Å². The molecule has 0 aliphatic rings. The fraction of sp³-hybridized carbons (Fsp3) is 0.735. The molecule has 0 spiro atoms. The van der Waals surface area contributed by atoms with Gasteiger partial charge in [-0.3, -0.25) is 9.48 Å². The van der Waals surface area contributed by atoms with Crippen molar-refractivity contribution in [3.05, 3.63) is 35.9 Å². The number of aryl methyl sites for hydroxylation is 2. The minimum atomic E-state index is -0.590. The van der Waals surface area contributed by atoms with Crippen molar-refractivity contribution in [2.45, 2.75) is 155 Å². The normalized spacial score (nSPS) is 11.8. The molecule has 0 saturated carbocycles. The van der Waals surface area contributed by atoms with Crippen molar-refractivity contribution >= 4 is 17.9 Å². The molecule has 10 heteroatoms. The number of anilines is 1. The van der Waals surface area contributed by atoms with Crippen LogP contribution >= 0.6 is 0 Å². The van der Waals surface area contributed by atoms with Crippen LogP contribution in [-0.4, -0.2) is 48.7 Å². The average Bonchev–Trinajstić information content (AvgIpc) is 3.58. The summed E-state index contributed by atoms with van der Waals surface area (Å²) >= 11 is 0. The van der Waals surface area contributed by atoms with Crippen LogP contribution in [0.3, 0.4) is 0 Å². The number of rotatable bonds is 23. The van der Waals surface area contributed by atoms with Crippen molar-refractivity contribution in [3.63, 3.8) is 0 Å². The van der Waals surface area contributed by atoms with Crippen LogP contribution in [0.2, 0.25) is 0 Å². The van der Waals surface area contributed by atoms with Gasteiger partial charge in [0.05, 0.1) is 17.9 Å². The van der Waals surface area contributed by atoms with Crippen LogP contribution in [0.5, 0.6) is 0 Å². The molecule has 0 aromatic carbocycles. The van der Waals surface area contributed by atoms with Crippen LogP contribution in [0.4, 0.5) is 10.7 Å². The Morgan fingerprint density at radius 2 is 1.48 bits per heavy atom. The zero-order valence-corrected chi connectivity index (χ0v) is 28.0. The standard InChI is InChI=1S/C34H59N7O3/c1-5-6-7-8-9-10-11-12-13-14-15-16-17-21-24-31(42)36-25-26-40-27-30(38-39-40)23-20-18-19-22-29-28-41(32(35)37-29)33(43)44-34(2,3)4/h12-13,27-28H,5-11,14-26H2,1-4H3,(H2,35,37)(H,36,42). The van der Waals surface area contributed by atoms with Crippen molar-refractivity contribution in [2.75, 3.05) is 12.3 Å². The zero-order valence-electron chi connectivity index (χ0n) is 28.0. The summed E-state index contributed by atoms with van der Waals surface area (Å²) in [6.45, 7) is 8.88. The third-order valence-corrected chi connectivity index (χ3v) is 7.40. The molecule has 0 unspecified atom stereocenters. The number of hydrogen-bond donors (Lipinski definition) is 2. The summed E-state index contributed by atoms with van der Waals surface area (Å²) in [5.74, 6) is 0.261. The lowest BCUT2D eigenvalue weighted by molar-refractivity contribution is -0.121. The summed E-state index contributed by atoms with van der Waals surface area (Å²) in [5.41, 5.74) is 7.04. The van der Waals surface area contributed by atoms with E-state index < -0.39 is 11.7 Å². The Morgan fingerprint density at radius 1 is 0.864 bits per heavy atom. The number of aromatic nitrogens is 5. The number of imidazole rings is 1. The van der Waals surface area contributed by atoms with Gasteiger partial charge < -0.3 is 15.8 Å². The van der Waals surface area contributed by atoms with Gasteiger partial charge in [-0.15, -0.1) is 5.10 Å². The maximum absolute atomic E-state index is 12.2. The molecule has 2 aromatic heterocycles. The van der Waals surface area contributed by atoms with E-state index in [2.05, 4.69) is 39.7 Å². The summed E-state index contributed by atoms with van der Waals surface area (Å²) in [5, 5.41) is 11.5. The Balaban J connectivity index is 1.46. The topological polar surface area (TPSA) is 130 Å². The van der Waals surface area contributed by atoms with E-state index in [-0.39, 0.29) is 11.9 Å². The smallest absolute Gasteiger partial charge is 0.421 e. The molecule has 2 heterocycles. The molecule has 0 bridgehead atoms. The number of amides is 1. The lowest BCUT2D eigenvalue weighted by Crippen LogP contribution is -2.27. The number of nitrogens with two attached hydrogens (primary N) is 1. The van der Waals surface area contributed by atoms with Gasteiger partial charge in [-0.25, -0.2) is 14.3 Å². The summed E-state index contributed by atoms with van der Waals surface area (Å²) in [4.78, 5) is 28.7. The van der Waals surface area contributed by atoms with Crippen LogP contribution in [0.15, 0.2) is 24.5 Å². The van der Waals surface area contributed by atoms with Gasteiger partial charge in [-0.2, -0.15) is 0 Å². The number of ether oxygens (including phenoxy) is 1. The molecular weight excluding hydrogens is 554 g/mol. The van der Waals surface area contributed by atoms with Crippen LogP contribution in [0.1, 0.15) is 142 Å². The number of allylic oxidation sites excluding steroid dienone is 2. The monoisotopic (exact) mass is 613 g/mol. The van der Waals surface area contributed by atoms with Crippen LogP contribution < -0.4 is 11.1 Å². The molecule has 1 amide bonds. The van der Waals surface area contributed by atoms with Crippen LogP contribution in [-0.2, 0) is 28.9 Å². The van der Waals surface area contributed by atoms with E-state index in [0.29, 0.717) is 19.5 Å². The molecular formula is C34H59N7O3. The Bertz CT molecular complexity index is 1100. The number of carbonyl (C=O) groups excluding carboxylic acids is 2. The van der Waals surface area contributed by atoms with Gasteiger partial charge in [-0.1, -0.05) is 75.7 Å². The molecule has 2 aromatic rings. The second-order valence-electron chi connectivity index (χ2n) is 12.8. The maximum atomic E-state index is 12.2. The van der Waals surface area contributed by atoms with Crippen molar-refractivity contribution < 1.29 is 14.3 Å². The average molecular weight is 614 g/mol. The van der Waals surface area contributed by atoms with E-state index in [0.717, 1.165) is 62.8 Å². The van der Waals surface area contributed by atoms with E-state index >= 15 is 0 Å². The van der Waals surface area contributed by atoms with E-state index in [1.807, 2.05) is 27.0 Å². The third-order valence-electron chi connectivity index (χ3n) is 7.40. The van der Waals surface area contributed by atoms with Gasteiger partial charge in [0.15, 0.2) is 0 Å². The Hall–Kier alpha value is -3.17. The molecule has 0 saturated heterocycles. The van der Waals surface area contributed by atoms with Crippen molar-refractivity contribution in [1.82, 2.24) is 29.9 Å². The minimum absolute atomic E-state index is 0.113. The fourth-order valence-corrected chi connectivity index (χ4v) is 4.95. The Kier molecular flexibility index (Phi) is 18.1. The number of nitrogens with zero attached hydrogens (tertiary/aromatic N) is 5.